The summed E-state index contributed by atoms with van der Waals surface area (Å²) >= 11 is 0. The minimum Gasteiger partial charge on any atom is -0.497 e. The van der Waals surface area contributed by atoms with Crippen LogP contribution in [0, 0.1) is 0 Å². The van der Waals surface area contributed by atoms with Gasteiger partial charge in [0.1, 0.15) is 17.2 Å². The molecule has 0 fully saturated rings. The number of para-hydroxylation sites is 1. The first-order chi connectivity index (χ1) is 18.1. The Bertz CT molecular complexity index is 1480. The highest BCUT2D eigenvalue weighted by atomic mass is 16.5. The number of nitrogens with one attached hydrogen (secondary N) is 1. The van der Waals surface area contributed by atoms with Gasteiger partial charge in [-0.3, -0.25) is 4.79 Å². The van der Waals surface area contributed by atoms with Gasteiger partial charge in [-0.15, -0.1) is 0 Å². The molecule has 0 aliphatic heterocycles. The molecule has 8 heteroatoms. The SMILES string of the molecule is COc1ccc(OC)c(-c2nn(-c3ccccc3)cc2C(=O)NCc2ccc(Cn3ccnc3)cc2)c1. The van der Waals surface area contributed by atoms with Crippen molar-refractivity contribution in [2.24, 2.45) is 0 Å². The van der Waals surface area contributed by atoms with Crippen LogP contribution in [-0.2, 0) is 13.1 Å². The highest BCUT2D eigenvalue weighted by molar-refractivity contribution is 6.00. The lowest BCUT2D eigenvalue weighted by Crippen LogP contribution is -2.23. The summed E-state index contributed by atoms with van der Waals surface area (Å²) in [5.41, 5.74) is 4.62. The highest BCUT2D eigenvalue weighted by Gasteiger charge is 2.22. The zero-order valence-corrected chi connectivity index (χ0v) is 20.7. The zero-order chi connectivity index (χ0) is 25.6. The minimum atomic E-state index is -0.232. The van der Waals surface area contributed by atoms with E-state index in [1.54, 1.807) is 37.6 Å². The lowest BCUT2D eigenvalue weighted by atomic mass is 10.1. The molecule has 2 heterocycles. The van der Waals surface area contributed by atoms with Crippen molar-refractivity contribution in [2.75, 3.05) is 14.2 Å². The number of amides is 1. The third kappa shape index (κ3) is 5.38. The average Bonchev–Trinajstić information content (AvgIpc) is 3.63. The molecular formula is C29H27N5O3. The summed E-state index contributed by atoms with van der Waals surface area (Å²) in [6, 6.07) is 23.3. The van der Waals surface area contributed by atoms with Crippen LogP contribution in [0.1, 0.15) is 21.5 Å². The monoisotopic (exact) mass is 493 g/mol. The number of hydrogen-bond acceptors (Lipinski definition) is 5. The summed E-state index contributed by atoms with van der Waals surface area (Å²) in [4.78, 5) is 17.5. The molecule has 0 spiro atoms. The van der Waals surface area contributed by atoms with Gasteiger partial charge in [0.05, 0.1) is 31.8 Å². The number of aromatic nitrogens is 4. The summed E-state index contributed by atoms with van der Waals surface area (Å²) in [6.45, 7) is 1.13. The third-order valence-corrected chi connectivity index (χ3v) is 6.04. The molecule has 8 nitrogen and oxygen atoms in total. The van der Waals surface area contributed by atoms with Crippen molar-refractivity contribution in [3.05, 3.63) is 114 Å². The van der Waals surface area contributed by atoms with E-state index in [1.165, 1.54) is 0 Å². The molecule has 0 aliphatic rings. The quantitative estimate of drug-likeness (QED) is 0.321. The topological polar surface area (TPSA) is 83.2 Å². The molecule has 0 unspecified atom stereocenters. The number of ether oxygens (including phenoxy) is 2. The van der Waals surface area contributed by atoms with Gasteiger partial charge in [0.15, 0.2) is 0 Å². The van der Waals surface area contributed by atoms with Crippen LogP contribution in [-0.4, -0.2) is 39.5 Å². The van der Waals surface area contributed by atoms with Gasteiger partial charge in [-0.2, -0.15) is 5.10 Å². The van der Waals surface area contributed by atoms with Crippen LogP contribution < -0.4 is 14.8 Å². The van der Waals surface area contributed by atoms with Gasteiger partial charge in [-0.05, 0) is 41.5 Å². The molecule has 1 N–H and O–H groups in total. The van der Waals surface area contributed by atoms with Crippen molar-refractivity contribution in [1.82, 2.24) is 24.6 Å². The highest BCUT2D eigenvalue weighted by Crippen LogP contribution is 2.35. The maximum absolute atomic E-state index is 13.4. The van der Waals surface area contributed by atoms with Gasteiger partial charge < -0.3 is 19.4 Å². The molecule has 3 aromatic carbocycles. The number of benzene rings is 3. The van der Waals surface area contributed by atoms with E-state index in [1.807, 2.05) is 71.4 Å². The number of imidazole rings is 1. The fraction of sp³-hybridized carbons (Fsp3) is 0.138. The molecule has 0 bridgehead atoms. The number of nitrogens with zero attached hydrogens (tertiary/aromatic N) is 4. The molecule has 0 saturated carbocycles. The van der Waals surface area contributed by atoms with E-state index in [4.69, 9.17) is 14.6 Å². The van der Waals surface area contributed by atoms with Crippen LogP contribution in [0.25, 0.3) is 16.9 Å². The summed E-state index contributed by atoms with van der Waals surface area (Å²) in [5.74, 6) is 1.01. The van der Waals surface area contributed by atoms with Crippen molar-refractivity contribution >= 4 is 5.91 Å². The normalized spacial score (nSPS) is 10.8. The summed E-state index contributed by atoms with van der Waals surface area (Å²) in [7, 11) is 3.19. The molecular weight excluding hydrogens is 466 g/mol. The third-order valence-electron chi connectivity index (χ3n) is 6.04. The first kappa shape index (κ1) is 23.9. The van der Waals surface area contributed by atoms with E-state index in [9.17, 15) is 4.79 Å². The van der Waals surface area contributed by atoms with Crippen LogP contribution in [0.2, 0.25) is 0 Å². The van der Waals surface area contributed by atoms with Gasteiger partial charge in [0.2, 0.25) is 0 Å². The Hall–Kier alpha value is -4.85. The maximum atomic E-state index is 13.4. The van der Waals surface area contributed by atoms with Crippen molar-refractivity contribution < 1.29 is 14.3 Å². The van der Waals surface area contributed by atoms with Crippen LogP contribution >= 0.6 is 0 Å². The Morgan fingerprint density at radius 2 is 1.73 bits per heavy atom. The molecule has 0 atom stereocenters. The predicted octanol–water partition coefficient (Wildman–Crippen LogP) is 4.73. The van der Waals surface area contributed by atoms with E-state index in [0.717, 1.165) is 23.4 Å². The van der Waals surface area contributed by atoms with Crippen molar-refractivity contribution in [3.8, 4) is 28.4 Å². The molecule has 0 saturated heterocycles. The second-order valence-corrected chi connectivity index (χ2v) is 8.47. The standard InChI is InChI=1S/C29H27N5O3/c1-36-24-12-13-27(37-2)25(16-24)28-26(19-34(32-28)23-6-4-3-5-7-23)29(35)31-17-21-8-10-22(11-9-21)18-33-15-14-30-20-33/h3-16,19-20H,17-18H2,1-2H3,(H,31,35). The number of hydrogen-bond donors (Lipinski definition) is 1. The predicted molar refractivity (Wildman–Crippen MR) is 141 cm³/mol. The van der Waals surface area contributed by atoms with Gasteiger partial charge in [0, 0.05) is 37.2 Å². The lowest BCUT2D eigenvalue weighted by Gasteiger charge is -2.11. The van der Waals surface area contributed by atoms with E-state index in [2.05, 4.69) is 22.4 Å². The van der Waals surface area contributed by atoms with Gasteiger partial charge >= 0.3 is 0 Å². The van der Waals surface area contributed by atoms with E-state index < -0.39 is 0 Å². The summed E-state index contributed by atoms with van der Waals surface area (Å²) in [6.07, 6.45) is 7.23. The second-order valence-electron chi connectivity index (χ2n) is 8.47. The maximum Gasteiger partial charge on any atom is 0.255 e. The van der Waals surface area contributed by atoms with Crippen LogP contribution in [0.5, 0.6) is 11.5 Å². The van der Waals surface area contributed by atoms with Crippen LogP contribution in [0.15, 0.2) is 97.7 Å². The van der Waals surface area contributed by atoms with Gasteiger partial charge in [0.25, 0.3) is 5.91 Å². The van der Waals surface area contributed by atoms with Crippen LogP contribution in [0.3, 0.4) is 0 Å². The largest absolute Gasteiger partial charge is 0.497 e. The lowest BCUT2D eigenvalue weighted by molar-refractivity contribution is 0.0951. The van der Waals surface area contributed by atoms with Crippen molar-refractivity contribution in [1.29, 1.82) is 0 Å². The zero-order valence-electron chi connectivity index (χ0n) is 20.7. The molecule has 1 amide bonds. The minimum absolute atomic E-state index is 0.232. The molecule has 186 valence electrons. The van der Waals surface area contributed by atoms with Gasteiger partial charge in [-0.25, -0.2) is 9.67 Å². The Morgan fingerprint density at radius 3 is 2.43 bits per heavy atom. The Morgan fingerprint density at radius 1 is 0.946 bits per heavy atom. The Labute approximate surface area is 215 Å². The van der Waals surface area contributed by atoms with Gasteiger partial charge in [-0.1, -0.05) is 42.5 Å². The van der Waals surface area contributed by atoms with Crippen molar-refractivity contribution in [2.45, 2.75) is 13.1 Å². The number of rotatable bonds is 9. The molecule has 2 aromatic heterocycles. The number of methoxy groups -OCH3 is 2. The van der Waals surface area contributed by atoms with E-state index in [-0.39, 0.29) is 5.91 Å². The number of carbonyl (C=O) groups excluding carboxylic acids is 1. The fourth-order valence-electron chi connectivity index (χ4n) is 4.08. The van der Waals surface area contributed by atoms with Crippen LogP contribution in [0.4, 0.5) is 0 Å². The first-order valence-electron chi connectivity index (χ1n) is 11.8. The van der Waals surface area contributed by atoms with E-state index in [0.29, 0.717) is 34.9 Å². The molecule has 37 heavy (non-hydrogen) atoms. The number of carbonyl (C=O) groups is 1. The molecule has 5 aromatic rings. The summed E-state index contributed by atoms with van der Waals surface area (Å²) in [5, 5.41) is 7.81. The summed E-state index contributed by atoms with van der Waals surface area (Å²) < 4.78 is 14.7. The average molecular weight is 494 g/mol. The van der Waals surface area contributed by atoms with E-state index >= 15 is 0 Å². The molecule has 0 radical (unpaired) electrons. The smallest absolute Gasteiger partial charge is 0.255 e. The second kappa shape index (κ2) is 10.8. The fourth-order valence-corrected chi connectivity index (χ4v) is 4.08. The molecule has 5 rings (SSSR count). The first-order valence-corrected chi connectivity index (χ1v) is 11.8. The Balaban J connectivity index is 1.41. The Kier molecular flexibility index (Phi) is 6.98. The molecule has 0 aliphatic carbocycles. The van der Waals surface area contributed by atoms with Crippen molar-refractivity contribution in [3.63, 3.8) is 0 Å².